The maximum absolute atomic E-state index is 12.5. The van der Waals surface area contributed by atoms with Crippen LogP contribution in [0.3, 0.4) is 0 Å². The van der Waals surface area contributed by atoms with Crippen LogP contribution in [0.4, 0.5) is 0 Å². The zero-order valence-corrected chi connectivity index (χ0v) is 12.0. The molecule has 0 amide bonds. The smallest absolute Gasteiger partial charge is 0.312 e. The summed E-state index contributed by atoms with van der Waals surface area (Å²) in [6.45, 7) is 6.75. The molecular formula is C16H24O2. The molecule has 4 rings (SSSR count). The minimum atomic E-state index is -0.334. The minimum Gasteiger partial charge on any atom is -0.469 e. The molecule has 5 unspecified atom stereocenters. The van der Waals surface area contributed by atoms with Gasteiger partial charge in [0, 0.05) is 5.41 Å². The summed E-state index contributed by atoms with van der Waals surface area (Å²) in [6, 6.07) is 0. The highest BCUT2D eigenvalue weighted by Crippen LogP contribution is 2.71. The summed E-state index contributed by atoms with van der Waals surface area (Å²) in [4.78, 5) is 12.5. The van der Waals surface area contributed by atoms with Gasteiger partial charge in [0.15, 0.2) is 0 Å². The van der Waals surface area contributed by atoms with Crippen molar-refractivity contribution in [1.29, 1.82) is 0 Å². The average Bonchev–Trinajstić information content (AvgIpc) is 2.70. The molecule has 2 heteroatoms. The Labute approximate surface area is 110 Å². The second kappa shape index (κ2) is 3.40. The van der Waals surface area contributed by atoms with Gasteiger partial charge in [0.1, 0.15) is 0 Å². The summed E-state index contributed by atoms with van der Waals surface area (Å²) in [5, 5.41) is 0. The van der Waals surface area contributed by atoms with Crippen LogP contribution in [-0.2, 0) is 9.53 Å². The molecule has 0 heterocycles. The van der Waals surface area contributed by atoms with Crippen LogP contribution >= 0.6 is 0 Å². The highest BCUT2D eigenvalue weighted by Gasteiger charge is 2.68. The van der Waals surface area contributed by atoms with Gasteiger partial charge in [-0.3, -0.25) is 4.79 Å². The van der Waals surface area contributed by atoms with E-state index in [4.69, 9.17) is 4.74 Å². The predicted octanol–water partition coefficient (Wildman–Crippen LogP) is 3.57. The van der Waals surface area contributed by atoms with Gasteiger partial charge in [-0.15, -0.1) is 0 Å². The molecule has 5 atom stereocenters. The van der Waals surface area contributed by atoms with Gasteiger partial charge < -0.3 is 4.74 Å². The molecule has 2 bridgehead atoms. The fourth-order valence-corrected chi connectivity index (χ4v) is 5.22. The van der Waals surface area contributed by atoms with Crippen molar-refractivity contribution >= 4 is 5.97 Å². The summed E-state index contributed by atoms with van der Waals surface area (Å²) in [6.07, 6.45) is 9.56. The van der Waals surface area contributed by atoms with E-state index in [9.17, 15) is 4.79 Å². The zero-order valence-electron chi connectivity index (χ0n) is 12.0. The predicted molar refractivity (Wildman–Crippen MR) is 70.9 cm³/mol. The van der Waals surface area contributed by atoms with Gasteiger partial charge >= 0.3 is 5.97 Å². The molecule has 0 N–H and O–H groups in total. The van der Waals surface area contributed by atoms with Crippen molar-refractivity contribution in [1.82, 2.24) is 0 Å². The molecule has 0 aromatic rings. The minimum absolute atomic E-state index is 0.00229. The van der Waals surface area contributed by atoms with E-state index < -0.39 is 0 Å². The molecule has 4 aliphatic rings. The molecule has 4 aliphatic carbocycles. The van der Waals surface area contributed by atoms with E-state index in [1.807, 2.05) is 0 Å². The van der Waals surface area contributed by atoms with E-state index in [0.717, 1.165) is 6.42 Å². The van der Waals surface area contributed by atoms with Crippen LogP contribution in [0.2, 0.25) is 0 Å². The van der Waals surface area contributed by atoms with E-state index in [-0.39, 0.29) is 22.2 Å². The Hall–Kier alpha value is -0.790. The van der Waals surface area contributed by atoms with Crippen molar-refractivity contribution in [2.75, 3.05) is 7.11 Å². The lowest BCUT2D eigenvalue weighted by atomic mass is 9.42. The number of hydrogen-bond acceptors (Lipinski definition) is 2. The molecular weight excluding hydrogens is 224 g/mol. The third-order valence-corrected chi connectivity index (χ3v) is 6.79. The highest BCUT2D eigenvalue weighted by molar-refractivity contribution is 5.79. The van der Waals surface area contributed by atoms with Gasteiger partial charge in [-0.2, -0.15) is 0 Å². The Balaban J connectivity index is 2.17. The quantitative estimate of drug-likeness (QED) is 0.524. The lowest BCUT2D eigenvalue weighted by Crippen LogP contribution is -2.59. The van der Waals surface area contributed by atoms with Gasteiger partial charge in [0.2, 0.25) is 0 Å². The SMILES string of the molecule is COC(=O)C1(C)C2CCC(C)C23C=CC1(C)CC3. The fourth-order valence-electron chi connectivity index (χ4n) is 5.22. The van der Waals surface area contributed by atoms with Crippen molar-refractivity contribution < 1.29 is 9.53 Å². The lowest BCUT2D eigenvalue weighted by molar-refractivity contribution is -0.177. The Morgan fingerprint density at radius 1 is 1.22 bits per heavy atom. The number of methoxy groups -OCH3 is 1. The summed E-state index contributed by atoms with van der Waals surface area (Å²) in [7, 11) is 1.54. The Bertz CT molecular complexity index is 427. The molecule has 0 aromatic heterocycles. The standard InChI is InChI=1S/C16H24O2/c1-11-5-6-12-15(3,13(17)18-4)14(2)7-9-16(11,12)10-8-14/h7,9,11-12H,5-6,8,10H2,1-4H3. The van der Waals surface area contributed by atoms with E-state index in [2.05, 4.69) is 32.9 Å². The Kier molecular flexibility index (Phi) is 2.31. The largest absolute Gasteiger partial charge is 0.469 e. The van der Waals surface area contributed by atoms with Crippen molar-refractivity contribution in [3.8, 4) is 0 Å². The molecule has 0 aliphatic heterocycles. The number of esters is 1. The topological polar surface area (TPSA) is 26.3 Å². The first kappa shape index (κ1) is 12.3. The van der Waals surface area contributed by atoms with Gasteiger partial charge in [-0.25, -0.2) is 0 Å². The number of rotatable bonds is 1. The molecule has 100 valence electrons. The first-order valence-corrected chi connectivity index (χ1v) is 7.19. The lowest BCUT2D eigenvalue weighted by Gasteiger charge is -2.61. The van der Waals surface area contributed by atoms with Gasteiger partial charge in [-0.1, -0.05) is 26.0 Å². The maximum atomic E-state index is 12.5. The molecule has 0 saturated heterocycles. The van der Waals surface area contributed by atoms with Crippen LogP contribution in [-0.4, -0.2) is 13.1 Å². The van der Waals surface area contributed by atoms with Crippen molar-refractivity contribution in [3.05, 3.63) is 12.2 Å². The van der Waals surface area contributed by atoms with Crippen LogP contribution < -0.4 is 0 Å². The van der Waals surface area contributed by atoms with Crippen molar-refractivity contribution in [3.63, 3.8) is 0 Å². The first-order valence-electron chi connectivity index (χ1n) is 7.19. The number of allylic oxidation sites excluding steroid dienone is 2. The monoisotopic (exact) mass is 248 g/mol. The van der Waals surface area contributed by atoms with Crippen LogP contribution in [0.15, 0.2) is 12.2 Å². The van der Waals surface area contributed by atoms with E-state index in [1.165, 1.54) is 26.4 Å². The molecule has 2 nitrogen and oxygen atoms in total. The summed E-state index contributed by atoms with van der Waals surface area (Å²) in [5.41, 5.74) is -0.0865. The number of hydrogen-bond donors (Lipinski definition) is 0. The summed E-state index contributed by atoms with van der Waals surface area (Å²) >= 11 is 0. The summed E-state index contributed by atoms with van der Waals surface area (Å²) < 4.78 is 5.18. The third-order valence-electron chi connectivity index (χ3n) is 6.79. The van der Waals surface area contributed by atoms with Gasteiger partial charge in [0.25, 0.3) is 0 Å². The van der Waals surface area contributed by atoms with Crippen LogP contribution in [0.5, 0.6) is 0 Å². The molecule has 0 aromatic carbocycles. The Morgan fingerprint density at radius 2 is 1.94 bits per heavy atom. The van der Waals surface area contributed by atoms with Crippen LogP contribution in [0.1, 0.15) is 46.5 Å². The highest BCUT2D eigenvalue weighted by atomic mass is 16.5. The fraction of sp³-hybridized carbons (Fsp3) is 0.812. The molecule has 18 heavy (non-hydrogen) atoms. The zero-order chi connectivity index (χ0) is 13.2. The first-order chi connectivity index (χ1) is 8.41. The third kappa shape index (κ3) is 1.08. The van der Waals surface area contributed by atoms with Crippen LogP contribution in [0.25, 0.3) is 0 Å². The molecule has 2 fully saturated rings. The van der Waals surface area contributed by atoms with Gasteiger partial charge in [-0.05, 0) is 49.9 Å². The van der Waals surface area contributed by atoms with Crippen LogP contribution in [0, 0.1) is 28.1 Å². The molecule has 2 saturated carbocycles. The maximum Gasteiger partial charge on any atom is 0.312 e. The molecule has 0 radical (unpaired) electrons. The summed E-state index contributed by atoms with van der Waals surface area (Å²) in [5.74, 6) is 1.17. The number of carbonyl (C=O) groups excluding carboxylic acids is 1. The number of ether oxygens (including phenoxy) is 1. The van der Waals surface area contributed by atoms with E-state index in [1.54, 1.807) is 0 Å². The Morgan fingerprint density at radius 3 is 2.50 bits per heavy atom. The average molecular weight is 248 g/mol. The second-order valence-corrected chi connectivity index (χ2v) is 7.09. The molecule has 1 spiro atoms. The van der Waals surface area contributed by atoms with E-state index >= 15 is 0 Å². The number of carbonyl (C=O) groups is 1. The normalized spacial score (nSPS) is 53.3. The van der Waals surface area contributed by atoms with E-state index in [0.29, 0.717) is 11.8 Å². The van der Waals surface area contributed by atoms with Crippen molar-refractivity contribution in [2.45, 2.75) is 46.5 Å². The van der Waals surface area contributed by atoms with Gasteiger partial charge in [0.05, 0.1) is 12.5 Å². The van der Waals surface area contributed by atoms with Crippen molar-refractivity contribution in [2.24, 2.45) is 28.1 Å². The number of fused-ring (bicyclic) bond motifs is 1. The second-order valence-electron chi connectivity index (χ2n) is 7.09.